The number of hydrogen-bond acceptors (Lipinski definition) is 4. The number of hydrogen-bond donors (Lipinski definition) is 2. The second-order valence-corrected chi connectivity index (χ2v) is 13.7. The fraction of sp³-hybridized carbons (Fsp3) is 0. The molecule has 0 fully saturated rings. The second kappa shape index (κ2) is 7.84. The predicted molar refractivity (Wildman–Crippen MR) is 188 cm³/mol. The zero-order chi connectivity index (χ0) is 27.8. The number of nitrogens with one attached hydrogen (secondary N) is 2. The fourth-order valence-electron chi connectivity index (χ4n) is 7.34. The largest absolute Gasteiger partial charge is 0.350 e. The van der Waals surface area contributed by atoms with Gasteiger partial charge in [-0.3, -0.25) is 4.40 Å². The van der Waals surface area contributed by atoms with Crippen LogP contribution >= 0.6 is 22.7 Å². The van der Waals surface area contributed by atoms with Crippen LogP contribution in [0.5, 0.6) is 0 Å². The lowest BCUT2D eigenvalue weighted by Gasteiger charge is -2.22. The molecule has 0 saturated carbocycles. The first-order chi connectivity index (χ1) is 21.3. The van der Waals surface area contributed by atoms with Gasteiger partial charge in [-0.25, -0.2) is 0 Å². The van der Waals surface area contributed by atoms with E-state index in [-0.39, 0.29) is 0 Å². The number of aromatic nitrogens is 1. The molecule has 0 aliphatic carbocycles. The van der Waals surface area contributed by atoms with E-state index in [9.17, 15) is 0 Å². The van der Waals surface area contributed by atoms with E-state index in [0.717, 1.165) is 22.9 Å². The average molecular weight is 584 g/mol. The molecule has 0 bridgehead atoms. The van der Waals surface area contributed by atoms with Crippen LogP contribution in [-0.2, 0) is 0 Å². The highest BCUT2D eigenvalue weighted by molar-refractivity contribution is 7.27. The van der Waals surface area contributed by atoms with Gasteiger partial charge in [0.15, 0.2) is 0 Å². The minimum Gasteiger partial charge on any atom is -0.350 e. The molecule has 6 aromatic carbocycles. The van der Waals surface area contributed by atoms with Crippen LogP contribution in [0.1, 0.15) is 0 Å². The number of rotatable bonds is 1. The molecule has 2 N–H and O–H groups in total. The summed E-state index contributed by atoms with van der Waals surface area (Å²) in [5.74, 6) is 1.11. The monoisotopic (exact) mass is 583 g/mol. The first kappa shape index (κ1) is 22.5. The van der Waals surface area contributed by atoms with Gasteiger partial charge in [-0.2, -0.15) is 0 Å². The Kier molecular flexibility index (Phi) is 4.10. The molecule has 0 spiro atoms. The summed E-state index contributed by atoms with van der Waals surface area (Å²) in [6.45, 7) is 0. The van der Waals surface area contributed by atoms with E-state index < -0.39 is 0 Å². The Balaban J connectivity index is 1.15. The van der Waals surface area contributed by atoms with E-state index in [1.807, 2.05) is 22.7 Å². The van der Waals surface area contributed by atoms with Crippen LogP contribution < -0.4 is 10.6 Å². The lowest BCUT2D eigenvalue weighted by Crippen LogP contribution is -2.07. The molecule has 1 aliphatic rings. The highest BCUT2D eigenvalue weighted by Crippen LogP contribution is 2.53. The van der Waals surface area contributed by atoms with Crippen LogP contribution in [0.4, 0.5) is 22.9 Å². The first-order valence-electron chi connectivity index (χ1n) is 14.5. The molecule has 0 unspecified atom stereocenters. The first-order valence-corrected chi connectivity index (χ1v) is 16.2. The third-order valence-corrected chi connectivity index (χ3v) is 11.6. The lowest BCUT2D eigenvalue weighted by molar-refractivity contribution is 1.27. The minimum absolute atomic E-state index is 1.10. The molecule has 4 aromatic heterocycles. The molecule has 0 saturated heterocycles. The topological polar surface area (TPSA) is 28.5 Å². The quantitative estimate of drug-likeness (QED) is 0.201. The molecule has 11 rings (SSSR count). The summed E-state index contributed by atoms with van der Waals surface area (Å²) >= 11 is 3.76. The van der Waals surface area contributed by atoms with Crippen molar-refractivity contribution < 1.29 is 0 Å². The highest BCUT2D eigenvalue weighted by Gasteiger charge is 2.28. The Bertz CT molecular complexity index is 2800. The van der Waals surface area contributed by atoms with Gasteiger partial charge in [0.2, 0.25) is 0 Å². The van der Waals surface area contributed by atoms with Crippen LogP contribution in [0, 0.1) is 0 Å². The molecule has 43 heavy (non-hydrogen) atoms. The molecule has 3 nitrogen and oxygen atoms in total. The van der Waals surface area contributed by atoms with Gasteiger partial charge in [-0.05, 0) is 59.7 Å². The second-order valence-electron chi connectivity index (χ2n) is 11.5. The van der Waals surface area contributed by atoms with Crippen molar-refractivity contribution in [2.75, 3.05) is 10.6 Å². The summed E-state index contributed by atoms with van der Waals surface area (Å²) in [6.07, 6.45) is 0. The molecule has 1 aliphatic heterocycles. The van der Waals surface area contributed by atoms with Gasteiger partial charge >= 0.3 is 0 Å². The maximum Gasteiger partial charge on any atom is 0.140 e. The zero-order valence-corrected chi connectivity index (χ0v) is 24.4. The third kappa shape index (κ3) is 2.84. The van der Waals surface area contributed by atoms with E-state index in [2.05, 4.69) is 130 Å². The van der Waals surface area contributed by atoms with Crippen molar-refractivity contribution in [3.8, 4) is 11.1 Å². The Morgan fingerprint density at radius 1 is 0.488 bits per heavy atom. The molecule has 0 amide bonds. The van der Waals surface area contributed by atoms with Gasteiger partial charge in [0, 0.05) is 56.5 Å². The SMILES string of the molecule is c1ccc2c(c1)sc1ccc(-c3ccc4c(c3)Nc3c(c5c6sc7ccccc7c6cc6c7ccccc7n3c65)N4)cc12. The van der Waals surface area contributed by atoms with Crippen molar-refractivity contribution >= 4 is 113 Å². The Morgan fingerprint density at radius 3 is 2.07 bits per heavy atom. The number of nitrogens with zero attached hydrogens (tertiary/aromatic N) is 1. The van der Waals surface area contributed by atoms with Crippen molar-refractivity contribution in [2.45, 2.75) is 0 Å². The van der Waals surface area contributed by atoms with Gasteiger partial charge in [0.25, 0.3) is 0 Å². The molecule has 5 heterocycles. The number of fused-ring (bicyclic) bond motifs is 14. The summed E-state index contributed by atoms with van der Waals surface area (Å²) < 4.78 is 7.77. The Hall–Kier alpha value is -5.10. The van der Waals surface area contributed by atoms with E-state index in [1.165, 1.54) is 78.7 Å². The zero-order valence-electron chi connectivity index (χ0n) is 22.7. The van der Waals surface area contributed by atoms with E-state index in [4.69, 9.17) is 0 Å². The van der Waals surface area contributed by atoms with Gasteiger partial charge in [-0.15, -0.1) is 22.7 Å². The van der Waals surface area contributed by atoms with Crippen molar-refractivity contribution in [2.24, 2.45) is 0 Å². The van der Waals surface area contributed by atoms with E-state index >= 15 is 0 Å². The van der Waals surface area contributed by atoms with Crippen molar-refractivity contribution in [1.29, 1.82) is 0 Å². The Labute approximate surface area is 253 Å². The molecular formula is C38H21N3S2. The highest BCUT2D eigenvalue weighted by atomic mass is 32.1. The lowest BCUT2D eigenvalue weighted by atomic mass is 10.0. The van der Waals surface area contributed by atoms with Gasteiger partial charge < -0.3 is 10.6 Å². The van der Waals surface area contributed by atoms with E-state index in [0.29, 0.717) is 0 Å². The van der Waals surface area contributed by atoms with Crippen LogP contribution in [0.15, 0.2) is 115 Å². The molecule has 5 heteroatoms. The molecule has 200 valence electrons. The average Bonchev–Trinajstić information content (AvgIpc) is 3.79. The Morgan fingerprint density at radius 2 is 1.19 bits per heavy atom. The molecular weight excluding hydrogens is 563 g/mol. The molecule has 0 radical (unpaired) electrons. The summed E-state index contributed by atoms with van der Waals surface area (Å²) in [7, 11) is 0. The maximum absolute atomic E-state index is 3.90. The van der Waals surface area contributed by atoms with E-state index in [1.54, 1.807) is 0 Å². The van der Waals surface area contributed by atoms with Gasteiger partial charge in [0.05, 0.1) is 28.1 Å². The summed E-state index contributed by atoms with van der Waals surface area (Å²) in [6, 6.07) is 42.4. The third-order valence-electron chi connectivity index (χ3n) is 9.25. The van der Waals surface area contributed by atoms with Crippen LogP contribution in [0.3, 0.4) is 0 Å². The summed E-state index contributed by atoms with van der Waals surface area (Å²) in [4.78, 5) is 0. The predicted octanol–water partition coefficient (Wildman–Crippen LogP) is 11.9. The van der Waals surface area contributed by atoms with Crippen LogP contribution in [0.25, 0.3) is 78.7 Å². The number of anilines is 4. The molecule has 10 aromatic rings. The fourth-order valence-corrected chi connectivity index (χ4v) is 9.66. The number of benzene rings is 6. The standard InChI is InChI=1S/C38H21N3S2/c1-4-10-30-22(7-1)26-19-27-24-9-3-6-12-32(24)43-37(27)34-35-38(41(30)36(26)34)40-29-18-21(13-15-28(29)39-35)20-14-16-33-25(17-20)23-8-2-5-11-31(23)42-33/h1-19,39-40H. The number of thiophene rings is 2. The van der Waals surface area contributed by atoms with Crippen molar-refractivity contribution in [1.82, 2.24) is 4.40 Å². The normalized spacial score (nSPS) is 13.0. The van der Waals surface area contributed by atoms with Gasteiger partial charge in [0.1, 0.15) is 5.82 Å². The van der Waals surface area contributed by atoms with Crippen LogP contribution in [-0.4, -0.2) is 4.40 Å². The van der Waals surface area contributed by atoms with Crippen molar-refractivity contribution in [3.63, 3.8) is 0 Å². The summed E-state index contributed by atoms with van der Waals surface area (Å²) in [5, 5.41) is 17.0. The van der Waals surface area contributed by atoms with Crippen LogP contribution in [0.2, 0.25) is 0 Å². The minimum atomic E-state index is 1.10. The van der Waals surface area contributed by atoms with Crippen molar-refractivity contribution in [3.05, 3.63) is 115 Å². The smallest absolute Gasteiger partial charge is 0.140 e. The number of para-hydroxylation sites is 1. The molecule has 0 atom stereocenters. The van der Waals surface area contributed by atoms with Gasteiger partial charge in [-0.1, -0.05) is 66.7 Å². The summed E-state index contributed by atoms with van der Waals surface area (Å²) in [5.41, 5.74) is 8.32. The maximum atomic E-state index is 3.90.